The molecule has 0 bridgehead atoms. The lowest BCUT2D eigenvalue weighted by atomic mass is 10.2. The summed E-state index contributed by atoms with van der Waals surface area (Å²) in [6, 6.07) is 7.59. The molecule has 0 aliphatic carbocycles. The van der Waals surface area contributed by atoms with Gasteiger partial charge >= 0.3 is 0 Å². The van der Waals surface area contributed by atoms with Gasteiger partial charge in [0.05, 0.1) is 17.6 Å². The number of nitrogens with one attached hydrogen (secondary N) is 1. The SMILES string of the molecule is CN(C)C(=O)/C=C/CCCC(=O)Nc1cccn(Cc2nc3cc(F)ccc3n2C)c1=O. The van der Waals surface area contributed by atoms with Gasteiger partial charge in [-0.3, -0.25) is 14.4 Å². The predicted molar refractivity (Wildman–Crippen MR) is 121 cm³/mol. The standard InChI is InChI=1S/C23H26FN5O3/c1-27(2)22(31)10-6-4-5-9-21(30)26-17-8-7-13-29(23(17)32)15-20-25-18-14-16(24)11-12-19(18)28(20)3/h6-8,10-14H,4-5,9,15H2,1-3H3,(H,26,30)/b10-6+. The summed E-state index contributed by atoms with van der Waals surface area (Å²) in [5.41, 5.74) is 1.11. The second kappa shape index (κ2) is 10.0. The van der Waals surface area contributed by atoms with Crippen molar-refractivity contribution in [3.8, 4) is 0 Å². The normalized spacial score (nSPS) is 11.2. The fourth-order valence-electron chi connectivity index (χ4n) is 3.20. The number of nitrogens with zero attached hydrogens (tertiary/aromatic N) is 4. The van der Waals surface area contributed by atoms with Crippen molar-refractivity contribution >= 4 is 28.5 Å². The monoisotopic (exact) mass is 439 g/mol. The Hall–Kier alpha value is -3.75. The van der Waals surface area contributed by atoms with E-state index in [-0.39, 0.29) is 41.8 Å². The molecule has 0 aliphatic rings. The Morgan fingerprint density at radius 3 is 2.78 bits per heavy atom. The maximum atomic E-state index is 13.5. The van der Waals surface area contributed by atoms with Gasteiger partial charge in [-0.2, -0.15) is 0 Å². The molecular formula is C23H26FN5O3. The van der Waals surface area contributed by atoms with Gasteiger partial charge < -0.3 is 19.4 Å². The molecule has 8 nitrogen and oxygen atoms in total. The molecule has 3 rings (SSSR count). The van der Waals surface area contributed by atoms with E-state index in [4.69, 9.17) is 0 Å². The van der Waals surface area contributed by atoms with Crippen molar-refractivity contribution in [3.63, 3.8) is 0 Å². The molecule has 32 heavy (non-hydrogen) atoms. The van der Waals surface area contributed by atoms with Crippen LogP contribution in [0.2, 0.25) is 0 Å². The number of benzene rings is 1. The zero-order valence-electron chi connectivity index (χ0n) is 18.3. The maximum absolute atomic E-state index is 13.5. The molecule has 1 aromatic carbocycles. The van der Waals surface area contributed by atoms with Crippen LogP contribution in [0.15, 0.2) is 53.5 Å². The number of allylic oxidation sites excluding steroid dienone is 1. The molecule has 0 aliphatic heterocycles. The lowest BCUT2D eigenvalue weighted by Crippen LogP contribution is -2.26. The van der Waals surface area contributed by atoms with E-state index in [0.717, 1.165) is 5.52 Å². The van der Waals surface area contributed by atoms with E-state index < -0.39 is 0 Å². The summed E-state index contributed by atoms with van der Waals surface area (Å²) >= 11 is 0. The van der Waals surface area contributed by atoms with Gasteiger partial charge in [-0.05, 0) is 43.2 Å². The highest BCUT2D eigenvalue weighted by Crippen LogP contribution is 2.16. The largest absolute Gasteiger partial charge is 0.345 e. The average Bonchev–Trinajstić information content (AvgIpc) is 3.04. The first kappa shape index (κ1) is 22.9. The van der Waals surface area contributed by atoms with Gasteiger partial charge in [-0.25, -0.2) is 9.37 Å². The smallest absolute Gasteiger partial charge is 0.274 e. The van der Waals surface area contributed by atoms with Gasteiger partial charge in [0.15, 0.2) is 0 Å². The van der Waals surface area contributed by atoms with E-state index in [1.165, 1.54) is 27.7 Å². The molecule has 2 amide bonds. The van der Waals surface area contributed by atoms with E-state index >= 15 is 0 Å². The van der Waals surface area contributed by atoms with Crippen LogP contribution in [0.5, 0.6) is 0 Å². The van der Waals surface area contributed by atoms with Crippen LogP contribution in [0.1, 0.15) is 25.1 Å². The first-order valence-electron chi connectivity index (χ1n) is 10.2. The number of likely N-dealkylation sites (N-methyl/N-ethyl adjacent to an activating group) is 1. The van der Waals surface area contributed by atoms with Crippen molar-refractivity contribution in [1.82, 2.24) is 19.0 Å². The Balaban J connectivity index is 1.63. The molecule has 0 fully saturated rings. The van der Waals surface area contributed by atoms with E-state index in [0.29, 0.717) is 24.2 Å². The number of unbranched alkanes of at least 4 members (excludes halogenated alkanes) is 1. The highest BCUT2D eigenvalue weighted by molar-refractivity contribution is 5.90. The molecule has 0 spiro atoms. The molecule has 168 valence electrons. The number of amides is 2. The van der Waals surface area contributed by atoms with Crippen LogP contribution in [0, 0.1) is 5.82 Å². The molecule has 0 saturated heterocycles. The first-order valence-corrected chi connectivity index (χ1v) is 10.2. The number of carbonyl (C=O) groups excluding carboxylic acids is 2. The topological polar surface area (TPSA) is 89.2 Å². The maximum Gasteiger partial charge on any atom is 0.274 e. The number of rotatable bonds is 8. The Kier molecular flexibility index (Phi) is 7.19. The summed E-state index contributed by atoms with van der Waals surface area (Å²) in [4.78, 5) is 42.4. The molecule has 1 N–H and O–H groups in total. The number of hydrogen-bond acceptors (Lipinski definition) is 4. The van der Waals surface area contributed by atoms with E-state index in [1.807, 2.05) is 0 Å². The lowest BCUT2D eigenvalue weighted by molar-refractivity contribution is -0.123. The summed E-state index contributed by atoms with van der Waals surface area (Å²) < 4.78 is 16.7. The minimum atomic E-state index is -0.371. The van der Waals surface area contributed by atoms with Gasteiger partial charge in [-0.15, -0.1) is 0 Å². The Labute approximate surface area is 185 Å². The minimum absolute atomic E-state index is 0.106. The van der Waals surface area contributed by atoms with Gasteiger partial charge in [0.1, 0.15) is 17.3 Å². The summed E-state index contributed by atoms with van der Waals surface area (Å²) in [5.74, 6) is -0.158. The lowest BCUT2D eigenvalue weighted by Gasteiger charge is -2.09. The van der Waals surface area contributed by atoms with Crippen molar-refractivity contribution in [3.05, 3.63) is 70.7 Å². The zero-order chi connectivity index (χ0) is 23.3. The molecule has 9 heteroatoms. The van der Waals surface area contributed by atoms with Crippen LogP contribution >= 0.6 is 0 Å². The fourth-order valence-corrected chi connectivity index (χ4v) is 3.20. The van der Waals surface area contributed by atoms with Crippen LogP contribution in [0.4, 0.5) is 10.1 Å². The van der Waals surface area contributed by atoms with Crippen molar-refractivity contribution in [1.29, 1.82) is 0 Å². The van der Waals surface area contributed by atoms with Crippen LogP contribution in [-0.2, 0) is 23.2 Å². The average molecular weight is 439 g/mol. The zero-order valence-corrected chi connectivity index (χ0v) is 18.3. The Bertz CT molecular complexity index is 1230. The van der Waals surface area contributed by atoms with Gasteiger partial charge in [0, 0.05) is 39.8 Å². The Morgan fingerprint density at radius 1 is 1.25 bits per heavy atom. The van der Waals surface area contributed by atoms with Crippen LogP contribution in [0.25, 0.3) is 11.0 Å². The van der Waals surface area contributed by atoms with Crippen molar-refractivity contribution < 1.29 is 14.0 Å². The van der Waals surface area contributed by atoms with Crippen LogP contribution < -0.4 is 10.9 Å². The number of anilines is 1. The second-order valence-electron chi connectivity index (χ2n) is 7.65. The highest BCUT2D eigenvalue weighted by atomic mass is 19.1. The molecule has 0 saturated carbocycles. The molecule has 0 unspecified atom stereocenters. The fraction of sp³-hybridized carbons (Fsp3) is 0.304. The predicted octanol–water partition coefficient (Wildman–Crippen LogP) is 2.68. The molecule has 3 aromatic rings. The van der Waals surface area contributed by atoms with Crippen LogP contribution in [-0.4, -0.2) is 44.9 Å². The van der Waals surface area contributed by atoms with Gasteiger partial charge in [0.25, 0.3) is 5.56 Å². The molecule has 2 aromatic heterocycles. The summed E-state index contributed by atoms with van der Waals surface area (Å²) in [5, 5.41) is 2.65. The van der Waals surface area contributed by atoms with Crippen molar-refractivity contribution in [2.75, 3.05) is 19.4 Å². The highest BCUT2D eigenvalue weighted by Gasteiger charge is 2.12. The van der Waals surface area contributed by atoms with Gasteiger partial charge in [-0.1, -0.05) is 6.08 Å². The number of aromatic nitrogens is 3. The number of imidazole rings is 1. The molecule has 0 atom stereocenters. The van der Waals surface area contributed by atoms with Gasteiger partial charge in [0.2, 0.25) is 11.8 Å². The first-order chi connectivity index (χ1) is 15.3. The third-order valence-corrected chi connectivity index (χ3v) is 5.02. The quantitative estimate of drug-likeness (QED) is 0.432. The molecular weight excluding hydrogens is 413 g/mol. The van der Waals surface area contributed by atoms with Crippen LogP contribution in [0.3, 0.4) is 0 Å². The second-order valence-corrected chi connectivity index (χ2v) is 7.65. The summed E-state index contributed by atoms with van der Waals surface area (Å²) in [7, 11) is 5.14. The summed E-state index contributed by atoms with van der Waals surface area (Å²) in [6.45, 7) is 0.181. The number of aryl methyl sites for hydroxylation is 1. The Morgan fingerprint density at radius 2 is 2.03 bits per heavy atom. The van der Waals surface area contributed by atoms with Crippen molar-refractivity contribution in [2.45, 2.75) is 25.8 Å². The van der Waals surface area contributed by atoms with E-state index in [9.17, 15) is 18.8 Å². The van der Waals surface area contributed by atoms with Crippen molar-refractivity contribution in [2.24, 2.45) is 7.05 Å². The molecule has 0 radical (unpaired) electrons. The van der Waals surface area contributed by atoms with E-state index in [2.05, 4.69) is 10.3 Å². The number of pyridine rings is 1. The third kappa shape index (κ3) is 5.48. The summed E-state index contributed by atoms with van der Waals surface area (Å²) in [6.07, 6.45) is 6.19. The van der Waals surface area contributed by atoms with E-state index in [1.54, 1.807) is 56.2 Å². The number of carbonyl (C=O) groups is 2. The number of halogens is 1. The third-order valence-electron chi connectivity index (χ3n) is 5.02. The number of hydrogen-bond donors (Lipinski definition) is 1. The molecule has 2 heterocycles. The number of fused-ring (bicyclic) bond motifs is 1. The minimum Gasteiger partial charge on any atom is -0.345 e.